The molecule has 0 radical (unpaired) electrons. The highest BCUT2D eigenvalue weighted by atomic mass is 31.3. The van der Waals surface area contributed by atoms with Crippen LogP contribution in [0.4, 0.5) is 0 Å². The summed E-state index contributed by atoms with van der Waals surface area (Å²) in [6.45, 7) is -1.59. The highest BCUT2D eigenvalue weighted by Crippen LogP contribution is 2.61. The van der Waals surface area contributed by atoms with E-state index in [0.29, 0.717) is 0 Å². The largest absolute Gasteiger partial charge is 0.483 e. The van der Waals surface area contributed by atoms with Gasteiger partial charge in [-0.05, 0) is 0 Å². The van der Waals surface area contributed by atoms with Crippen LogP contribution in [0.5, 0.6) is 0 Å². The summed E-state index contributed by atoms with van der Waals surface area (Å²) in [7, 11) is -10.9. The number of aromatic nitrogens is 2. The molecule has 3 heterocycles. The summed E-state index contributed by atoms with van der Waals surface area (Å²) >= 11 is 0. The first-order chi connectivity index (χ1) is 15.7. The summed E-state index contributed by atoms with van der Waals surface area (Å²) in [5.41, 5.74) is -1.72. The number of phosphoric ester groups is 2. The lowest BCUT2D eigenvalue weighted by atomic mass is 10.1. The van der Waals surface area contributed by atoms with Gasteiger partial charge in [-0.2, -0.15) is 4.31 Å². The molecule has 0 bridgehead atoms. The lowest BCUT2D eigenvalue weighted by Gasteiger charge is -2.35. The van der Waals surface area contributed by atoms with Crippen molar-refractivity contribution < 1.29 is 67.3 Å². The smallest absolute Gasteiger partial charge is 0.388 e. The summed E-state index contributed by atoms with van der Waals surface area (Å²) < 4.78 is 47.7. The Labute approximate surface area is 188 Å². The summed E-state index contributed by atoms with van der Waals surface area (Å²) in [5, 5.41) is 48.8. The lowest BCUT2D eigenvalue weighted by molar-refractivity contribution is -0.245. The van der Waals surface area contributed by atoms with Gasteiger partial charge in [0, 0.05) is 12.3 Å². The van der Waals surface area contributed by atoms with Crippen molar-refractivity contribution in [3.05, 3.63) is 33.1 Å². The second-order valence-corrected chi connectivity index (χ2v) is 10.2. The number of rotatable bonds is 8. The summed E-state index contributed by atoms with van der Waals surface area (Å²) in [6.07, 6.45) is -13.0. The zero-order valence-electron chi connectivity index (χ0n) is 16.8. The van der Waals surface area contributed by atoms with Crippen LogP contribution in [0.3, 0.4) is 0 Å². The Morgan fingerprint density at radius 3 is 2.35 bits per heavy atom. The zero-order valence-corrected chi connectivity index (χ0v) is 18.6. The quantitative estimate of drug-likeness (QED) is 0.146. The van der Waals surface area contributed by atoms with E-state index in [9.17, 15) is 54.0 Å². The fraction of sp³-hybridized carbons (Fsp3) is 0.714. The Kier molecular flexibility index (Phi) is 8.28. The number of nitrogens with zero attached hydrogens (tertiary/aromatic N) is 1. The molecule has 2 fully saturated rings. The van der Waals surface area contributed by atoms with Gasteiger partial charge in [0.25, 0.3) is 5.56 Å². The summed E-state index contributed by atoms with van der Waals surface area (Å²) in [5.74, 6) is 0. The molecule has 18 nitrogen and oxygen atoms in total. The van der Waals surface area contributed by atoms with Crippen molar-refractivity contribution in [3.8, 4) is 0 Å². The molecule has 2 aliphatic heterocycles. The minimum Gasteiger partial charge on any atom is -0.388 e. The predicted molar refractivity (Wildman–Crippen MR) is 103 cm³/mol. The Bertz CT molecular complexity index is 1080. The molecule has 20 heteroatoms. The molecule has 0 amide bonds. The molecule has 0 aromatic carbocycles. The Balaban J connectivity index is 1.59. The van der Waals surface area contributed by atoms with Crippen LogP contribution in [-0.2, 0) is 32.0 Å². The maximum atomic E-state index is 12.1. The molecule has 0 saturated carbocycles. The molecule has 10 atom stereocenters. The van der Waals surface area contributed by atoms with Crippen molar-refractivity contribution in [3.63, 3.8) is 0 Å². The molecule has 1 aromatic rings. The topological polar surface area (TPSA) is 277 Å². The van der Waals surface area contributed by atoms with E-state index >= 15 is 0 Å². The van der Waals surface area contributed by atoms with E-state index < -0.39 is 89.2 Å². The standard InChI is InChI=1S/C14H22N2O16P2/c17-5-3-28-13(11(22)8(5)19)31-34(26,27)32-33(24,25)29-4-6-9(20)10(21)12(30-6)16-2-1-7(18)15-14(16)23/h1-2,5-6,8-13,17,19-22H,3-4H2,(H,24,25)(H,26,27)(H,15,18,23)/t5-,6+,8+,9+,10+,11-,12+,13+/m0/s1. The van der Waals surface area contributed by atoms with Crippen LogP contribution in [0.1, 0.15) is 6.23 Å². The first-order valence-electron chi connectivity index (χ1n) is 9.39. The third kappa shape index (κ3) is 6.26. The first-order valence-corrected chi connectivity index (χ1v) is 12.4. The number of aromatic amines is 1. The van der Waals surface area contributed by atoms with E-state index in [2.05, 4.69) is 13.4 Å². The van der Waals surface area contributed by atoms with Crippen molar-refractivity contribution in [1.82, 2.24) is 9.55 Å². The Morgan fingerprint density at radius 2 is 1.71 bits per heavy atom. The van der Waals surface area contributed by atoms with Gasteiger partial charge in [-0.1, -0.05) is 0 Å². The summed E-state index contributed by atoms with van der Waals surface area (Å²) in [6, 6.07) is 0.939. The minimum atomic E-state index is -5.47. The van der Waals surface area contributed by atoms with Crippen LogP contribution in [0.25, 0.3) is 0 Å². The summed E-state index contributed by atoms with van der Waals surface area (Å²) in [4.78, 5) is 44.3. The molecule has 2 unspecified atom stereocenters. The number of hydrogen-bond acceptors (Lipinski definition) is 14. The zero-order chi connectivity index (χ0) is 25.4. The highest BCUT2D eigenvalue weighted by molar-refractivity contribution is 7.61. The maximum absolute atomic E-state index is 12.1. The SMILES string of the molecule is O=c1ccn([C@@H]2O[C@H](COP(=O)(O)OP(=O)(O)O[C@H]3OC[C@H](O)[C@@H](O)[C@@H]3O)[C@@H](O)[C@H]2O)c(=O)[nH]1. The van der Waals surface area contributed by atoms with Gasteiger partial charge in [0.1, 0.15) is 36.6 Å². The molecule has 34 heavy (non-hydrogen) atoms. The normalized spacial score (nSPS) is 37.7. The number of aliphatic hydroxyl groups is 5. The van der Waals surface area contributed by atoms with Crippen LogP contribution in [-0.4, -0.2) is 101 Å². The van der Waals surface area contributed by atoms with E-state index in [0.717, 1.165) is 16.8 Å². The molecule has 2 aliphatic rings. The van der Waals surface area contributed by atoms with Crippen molar-refractivity contribution in [2.45, 2.75) is 49.1 Å². The van der Waals surface area contributed by atoms with Gasteiger partial charge in [-0.15, -0.1) is 0 Å². The van der Waals surface area contributed by atoms with Crippen molar-refractivity contribution >= 4 is 15.6 Å². The number of aliphatic hydroxyl groups excluding tert-OH is 5. The van der Waals surface area contributed by atoms with Crippen LogP contribution >= 0.6 is 15.6 Å². The first kappa shape index (κ1) is 27.3. The fourth-order valence-corrected chi connectivity index (χ4v) is 5.24. The van der Waals surface area contributed by atoms with Gasteiger partial charge in [0.2, 0.25) is 0 Å². The van der Waals surface area contributed by atoms with Crippen LogP contribution in [0.2, 0.25) is 0 Å². The average Bonchev–Trinajstić information content (AvgIpc) is 3.00. The highest BCUT2D eigenvalue weighted by Gasteiger charge is 2.47. The molecule has 0 aliphatic carbocycles. The molecular weight excluding hydrogens is 514 g/mol. The van der Waals surface area contributed by atoms with Crippen molar-refractivity contribution in [2.24, 2.45) is 0 Å². The number of phosphoric acid groups is 2. The van der Waals surface area contributed by atoms with Gasteiger partial charge in [-0.25, -0.2) is 13.9 Å². The van der Waals surface area contributed by atoms with E-state index in [1.54, 1.807) is 0 Å². The molecule has 0 spiro atoms. The lowest BCUT2D eigenvalue weighted by Crippen LogP contribution is -2.53. The average molecular weight is 536 g/mol. The Morgan fingerprint density at radius 1 is 1.03 bits per heavy atom. The maximum Gasteiger partial charge on any atom is 0.483 e. The van der Waals surface area contributed by atoms with Crippen molar-refractivity contribution in [2.75, 3.05) is 13.2 Å². The second kappa shape index (κ2) is 10.3. The third-order valence-corrected chi connectivity index (χ3v) is 7.36. The van der Waals surface area contributed by atoms with Crippen LogP contribution in [0.15, 0.2) is 21.9 Å². The van der Waals surface area contributed by atoms with Gasteiger partial charge in [0.05, 0.1) is 13.2 Å². The number of ether oxygens (including phenoxy) is 2. The van der Waals surface area contributed by atoms with E-state index in [-0.39, 0.29) is 0 Å². The monoisotopic (exact) mass is 536 g/mol. The third-order valence-electron chi connectivity index (χ3n) is 4.76. The van der Waals surface area contributed by atoms with Gasteiger partial charge in [-0.3, -0.25) is 23.4 Å². The van der Waals surface area contributed by atoms with Crippen LogP contribution in [0, 0.1) is 0 Å². The molecule has 3 rings (SSSR count). The van der Waals surface area contributed by atoms with Gasteiger partial charge < -0.3 is 44.8 Å². The molecule has 2 saturated heterocycles. The molecule has 8 N–H and O–H groups in total. The molecular formula is C14H22N2O16P2. The Hall–Kier alpha value is -1.34. The van der Waals surface area contributed by atoms with E-state index in [4.69, 9.17) is 9.47 Å². The van der Waals surface area contributed by atoms with E-state index in [1.165, 1.54) is 0 Å². The van der Waals surface area contributed by atoms with E-state index in [1.807, 2.05) is 4.98 Å². The number of nitrogens with one attached hydrogen (secondary N) is 1. The van der Waals surface area contributed by atoms with Crippen LogP contribution < -0.4 is 11.2 Å². The number of hydrogen-bond donors (Lipinski definition) is 8. The number of H-pyrrole nitrogens is 1. The van der Waals surface area contributed by atoms with Gasteiger partial charge in [0.15, 0.2) is 12.5 Å². The van der Waals surface area contributed by atoms with Crippen molar-refractivity contribution in [1.29, 1.82) is 0 Å². The molecule has 1 aromatic heterocycles. The fourth-order valence-electron chi connectivity index (χ4n) is 3.07. The minimum absolute atomic E-state index is 0.602. The second-order valence-electron chi connectivity index (χ2n) is 7.23. The van der Waals surface area contributed by atoms with Gasteiger partial charge >= 0.3 is 21.3 Å². The predicted octanol–water partition coefficient (Wildman–Crippen LogP) is -4.15. The molecule has 194 valence electrons.